The summed E-state index contributed by atoms with van der Waals surface area (Å²) in [6, 6.07) is -0.321. The predicted octanol–water partition coefficient (Wildman–Crippen LogP) is 1.52. The second-order valence-corrected chi connectivity index (χ2v) is 10.2. The molecule has 4 fully saturated rings. The van der Waals surface area contributed by atoms with Gasteiger partial charge in [-0.15, -0.1) is 0 Å². The van der Waals surface area contributed by atoms with Crippen molar-refractivity contribution in [2.24, 2.45) is 17.8 Å². The maximum Gasteiger partial charge on any atom is 0.246 e. The molecule has 7 nitrogen and oxygen atoms in total. The Morgan fingerprint density at radius 2 is 1.77 bits per heavy atom. The van der Waals surface area contributed by atoms with Crippen LogP contribution >= 0.6 is 0 Å². The fourth-order valence-electron chi connectivity index (χ4n) is 5.91. The van der Waals surface area contributed by atoms with E-state index < -0.39 is 29.6 Å². The average molecular weight is 416 g/mol. The summed E-state index contributed by atoms with van der Waals surface area (Å²) >= 11 is 0. The molecule has 2 bridgehead atoms. The Labute approximate surface area is 178 Å². The number of rotatable bonds is 6. The second kappa shape index (κ2) is 7.36. The molecule has 5 atom stereocenters. The first kappa shape index (κ1) is 20.0. The zero-order valence-electron chi connectivity index (χ0n) is 17.9. The van der Waals surface area contributed by atoms with E-state index in [4.69, 9.17) is 4.74 Å². The smallest absolute Gasteiger partial charge is 0.246 e. The first-order valence-corrected chi connectivity index (χ1v) is 11.7. The van der Waals surface area contributed by atoms with Gasteiger partial charge in [-0.3, -0.25) is 14.4 Å². The molecule has 1 spiro atoms. The molecule has 5 aliphatic rings. The van der Waals surface area contributed by atoms with Gasteiger partial charge in [0.25, 0.3) is 0 Å². The van der Waals surface area contributed by atoms with E-state index in [2.05, 4.69) is 10.6 Å². The van der Waals surface area contributed by atoms with Crippen molar-refractivity contribution in [3.63, 3.8) is 0 Å². The molecule has 2 saturated heterocycles. The van der Waals surface area contributed by atoms with Crippen LogP contribution in [-0.4, -0.2) is 59.0 Å². The number of nitrogens with zero attached hydrogens (tertiary/aromatic N) is 1. The first-order chi connectivity index (χ1) is 14.4. The maximum absolute atomic E-state index is 13.6. The number of nitrogens with one attached hydrogen (secondary N) is 2. The minimum atomic E-state index is -1.03. The SMILES string of the molecule is CC(C)CN1C(=O)[C@@H]2[C@@H](C(=O)NC3CC3)[C@H]3C=C[C@@]2(O3)[C@@H]1C(=O)NC1CCCCC1. The van der Waals surface area contributed by atoms with Crippen LogP contribution in [0.15, 0.2) is 12.2 Å². The lowest BCUT2D eigenvalue weighted by atomic mass is 9.74. The summed E-state index contributed by atoms with van der Waals surface area (Å²) in [5.74, 6) is -1.31. The number of carbonyl (C=O) groups excluding carboxylic acids is 3. The molecule has 2 aliphatic carbocycles. The molecule has 3 amide bonds. The van der Waals surface area contributed by atoms with Gasteiger partial charge in [0.15, 0.2) is 0 Å². The Hall–Kier alpha value is -1.89. The van der Waals surface area contributed by atoms with Crippen molar-refractivity contribution in [1.82, 2.24) is 15.5 Å². The highest BCUT2D eigenvalue weighted by molar-refractivity contribution is 6.00. The van der Waals surface area contributed by atoms with Gasteiger partial charge in [-0.2, -0.15) is 0 Å². The number of ether oxygens (including phenoxy) is 1. The van der Waals surface area contributed by atoms with E-state index in [1.807, 2.05) is 26.0 Å². The van der Waals surface area contributed by atoms with Gasteiger partial charge in [0.05, 0.1) is 17.9 Å². The predicted molar refractivity (Wildman–Crippen MR) is 110 cm³/mol. The van der Waals surface area contributed by atoms with Gasteiger partial charge in [0.1, 0.15) is 11.6 Å². The molecule has 0 aromatic rings. The molecule has 7 heteroatoms. The first-order valence-electron chi connectivity index (χ1n) is 11.7. The van der Waals surface area contributed by atoms with Gasteiger partial charge < -0.3 is 20.3 Å². The molecule has 3 aliphatic heterocycles. The minimum absolute atomic E-state index is 0.107. The van der Waals surface area contributed by atoms with E-state index in [1.54, 1.807) is 4.90 Å². The lowest BCUT2D eigenvalue weighted by Gasteiger charge is -2.34. The fraction of sp³-hybridized carbons (Fsp3) is 0.783. The van der Waals surface area contributed by atoms with Gasteiger partial charge in [-0.1, -0.05) is 45.3 Å². The lowest BCUT2D eigenvalue weighted by Crippen LogP contribution is -2.57. The van der Waals surface area contributed by atoms with Crippen LogP contribution in [0.1, 0.15) is 58.8 Å². The summed E-state index contributed by atoms with van der Waals surface area (Å²) in [7, 11) is 0. The number of amides is 3. The number of hydrogen-bond donors (Lipinski definition) is 2. The normalized spacial score (nSPS) is 37.7. The van der Waals surface area contributed by atoms with Crippen molar-refractivity contribution >= 4 is 17.7 Å². The van der Waals surface area contributed by atoms with Crippen LogP contribution in [0.25, 0.3) is 0 Å². The average Bonchev–Trinajstić information content (AvgIpc) is 3.25. The van der Waals surface area contributed by atoms with E-state index in [0.29, 0.717) is 6.54 Å². The summed E-state index contributed by atoms with van der Waals surface area (Å²) in [5.41, 5.74) is -1.03. The van der Waals surface area contributed by atoms with E-state index in [9.17, 15) is 14.4 Å². The monoisotopic (exact) mass is 415 g/mol. The van der Waals surface area contributed by atoms with E-state index in [1.165, 1.54) is 6.42 Å². The number of likely N-dealkylation sites (tertiary alicyclic amines) is 1. The third-order valence-electron chi connectivity index (χ3n) is 7.36. The van der Waals surface area contributed by atoms with Crippen molar-refractivity contribution < 1.29 is 19.1 Å². The van der Waals surface area contributed by atoms with Gasteiger partial charge >= 0.3 is 0 Å². The molecular formula is C23H33N3O4. The lowest BCUT2D eigenvalue weighted by molar-refractivity contribution is -0.142. The standard InChI is InChI=1S/C23H33N3O4/c1-13(2)12-26-19(21(28)25-14-6-4-3-5-7-14)23-11-10-16(30-23)17(18(23)22(26)29)20(27)24-15-8-9-15/h10-11,13-19H,3-9,12H2,1-2H3,(H,24,27)(H,25,28)/t16-,17+,18+,19+,23+/m1/s1. The van der Waals surface area contributed by atoms with Crippen molar-refractivity contribution in [3.8, 4) is 0 Å². The Morgan fingerprint density at radius 3 is 2.43 bits per heavy atom. The van der Waals surface area contributed by atoms with Gasteiger partial charge in [-0.25, -0.2) is 0 Å². The summed E-state index contributed by atoms with van der Waals surface area (Å²) in [4.78, 5) is 41.8. The van der Waals surface area contributed by atoms with Crippen LogP contribution in [0.3, 0.4) is 0 Å². The number of fused-ring (bicyclic) bond motifs is 1. The largest absolute Gasteiger partial charge is 0.359 e. The van der Waals surface area contributed by atoms with Gasteiger partial charge in [-0.05, 0) is 31.6 Å². The third-order valence-corrected chi connectivity index (χ3v) is 7.36. The summed E-state index contributed by atoms with van der Waals surface area (Å²) in [5, 5.41) is 6.27. The zero-order chi connectivity index (χ0) is 21.0. The number of carbonyl (C=O) groups is 3. The van der Waals surface area contributed by atoms with Crippen LogP contribution in [0, 0.1) is 17.8 Å². The van der Waals surface area contributed by atoms with E-state index in [0.717, 1.165) is 38.5 Å². The molecule has 2 saturated carbocycles. The van der Waals surface area contributed by atoms with Crippen LogP contribution in [0.5, 0.6) is 0 Å². The molecule has 2 N–H and O–H groups in total. The Bertz CT molecular complexity index is 770. The molecule has 0 aromatic carbocycles. The van der Waals surface area contributed by atoms with Crippen molar-refractivity contribution in [1.29, 1.82) is 0 Å². The second-order valence-electron chi connectivity index (χ2n) is 10.2. The molecule has 0 aromatic heterocycles. The van der Waals surface area contributed by atoms with Gasteiger partial charge in [0, 0.05) is 18.6 Å². The Balaban J connectivity index is 1.44. The van der Waals surface area contributed by atoms with Gasteiger partial charge in [0.2, 0.25) is 17.7 Å². The highest BCUT2D eigenvalue weighted by atomic mass is 16.5. The van der Waals surface area contributed by atoms with Crippen LogP contribution in [0.2, 0.25) is 0 Å². The Morgan fingerprint density at radius 1 is 1.10 bits per heavy atom. The molecule has 0 radical (unpaired) electrons. The minimum Gasteiger partial charge on any atom is -0.359 e. The summed E-state index contributed by atoms with van der Waals surface area (Å²) < 4.78 is 6.33. The van der Waals surface area contributed by atoms with Crippen molar-refractivity contribution in [2.45, 2.75) is 88.6 Å². The molecule has 5 rings (SSSR count). The van der Waals surface area contributed by atoms with Crippen LogP contribution < -0.4 is 10.6 Å². The highest BCUT2D eigenvalue weighted by Crippen LogP contribution is 2.55. The Kier molecular flexibility index (Phi) is 4.92. The van der Waals surface area contributed by atoms with E-state index >= 15 is 0 Å². The quantitative estimate of drug-likeness (QED) is 0.644. The molecule has 164 valence electrons. The molecule has 30 heavy (non-hydrogen) atoms. The fourth-order valence-corrected chi connectivity index (χ4v) is 5.91. The van der Waals surface area contributed by atoms with Crippen LogP contribution in [-0.2, 0) is 19.1 Å². The van der Waals surface area contributed by atoms with Crippen LogP contribution in [0.4, 0.5) is 0 Å². The summed E-state index contributed by atoms with van der Waals surface area (Å²) in [6.07, 6.45) is 10.8. The third kappa shape index (κ3) is 3.17. The summed E-state index contributed by atoms with van der Waals surface area (Å²) in [6.45, 7) is 4.57. The van der Waals surface area contributed by atoms with Crippen molar-refractivity contribution in [2.75, 3.05) is 6.54 Å². The topological polar surface area (TPSA) is 87.7 Å². The van der Waals surface area contributed by atoms with E-state index in [-0.39, 0.29) is 35.7 Å². The van der Waals surface area contributed by atoms with Crippen molar-refractivity contribution in [3.05, 3.63) is 12.2 Å². The zero-order valence-corrected chi connectivity index (χ0v) is 17.9. The molecular weight excluding hydrogens is 382 g/mol. The number of hydrogen-bond acceptors (Lipinski definition) is 4. The highest BCUT2D eigenvalue weighted by Gasteiger charge is 2.72. The molecule has 0 unspecified atom stereocenters. The maximum atomic E-state index is 13.6. The molecule has 3 heterocycles.